The lowest BCUT2D eigenvalue weighted by Gasteiger charge is -2.43. The van der Waals surface area contributed by atoms with Gasteiger partial charge in [0.05, 0.1) is 5.54 Å². The number of aliphatic carboxylic acids is 1. The number of hydrogen-bond acceptors (Lipinski definition) is 2. The van der Waals surface area contributed by atoms with Crippen LogP contribution in [0.3, 0.4) is 0 Å². The van der Waals surface area contributed by atoms with E-state index in [9.17, 15) is 9.59 Å². The minimum Gasteiger partial charge on any atom is -0.478 e. The van der Waals surface area contributed by atoms with Gasteiger partial charge in [-0.3, -0.25) is 4.79 Å². The first kappa shape index (κ1) is 21.7. The van der Waals surface area contributed by atoms with Crippen molar-refractivity contribution in [1.29, 1.82) is 0 Å². The van der Waals surface area contributed by atoms with Crippen molar-refractivity contribution in [1.82, 2.24) is 4.90 Å². The van der Waals surface area contributed by atoms with Gasteiger partial charge in [-0.15, -0.1) is 0 Å². The number of rotatable bonds is 6. The van der Waals surface area contributed by atoms with E-state index in [-0.39, 0.29) is 11.4 Å². The average molecular weight is 357 g/mol. The van der Waals surface area contributed by atoms with Crippen molar-refractivity contribution in [3.05, 3.63) is 58.7 Å². The first-order valence-corrected chi connectivity index (χ1v) is 8.97. The number of carboxylic acid groups (broad SMARTS) is 1. The third-order valence-corrected chi connectivity index (χ3v) is 5.05. The maximum atomic E-state index is 11.9. The van der Waals surface area contributed by atoms with E-state index in [0.29, 0.717) is 5.57 Å². The van der Waals surface area contributed by atoms with Crippen LogP contribution in [-0.2, 0) is 9.59 Å². The molecule has 0 spiro atoms. The van der Waals surface area contributed by atoms with Crippen LogP contribution in [0.5, 0.6) is 0 Å². The Labute approximate surface area is 157 Å². The lowest BCUT2D eigenvalue weighted by Crippen LogP contribution is -2.49. The van der Waals surface area contributed by atoms with Gasteiger partial charge in [0.25, 0.3) is 0 Å². The van der Waals surface area contributed by atoms with Crippen molar-refractivity contribution in [2.45, 2.75) is 59.4 Å². The van der Waals surface area contributed by atoms with Gasteiger partial charge in [-0.25, -0.2) is 4.79 Å². The normalized spacial score (nSPS) is 22.4. The van der Waals surface area contributed by atoms with Crippen molar-refractivity contribution < 1.29 is 14.7 Å². The Morgan fingerprint density at radius 2 is 1.81 bits per heavy atom. The Morgan fingerprint density at radius 3 is 2.38 bits per heavy atom. The summed E-state index contributed by atoms with van der Waals surface area (Å²) in [4.78, 5) is 24.4. The topological polar surface area (TPSA) is 57.6 Å². The smallest absolute Gasteiger partial charge is 0.328 e. The van der Waals surface area contributed by atoms with Crippen LogP contribution in [0.25, 0.3) is 0 Å². The molecule has 0 radical (unpaired) electrons. The van der Waals surface area contributed by atoms with Crippen molar-refractivity contribution in [2.24, 2.45) is 0 Å². The molecule has 0 aromatic rings. The van der Waals surface area contributed by atoms with Crippen LogP contribution in [0, 0.1) is 0 Å². The molecule has 0 saturated carbocycles. The summed E-state index contributed by atoms with van der Waals surface area (Å²) in [5.41, 5.74) is 4.00. The molecule has 0 aromatic carbocycles. The number of carboxylic acids is 1. The van der Waals surface area contributed by atoms with Crippen LogP contribution < -0.4 is 0 Å². The molecule has 1 N–H and O–H groups in total. The van der Waals surface area contributed by atoms with Gasteiger partial charge in [0, 0.05) is 20.0 Å². The number of nitrogens with zero attached hydrogens (tertiary/aromatic N) is 1. The van der Waals surface area contributed by atoms with Crippen LogP contribution >= 0.6 is 0 Å². The highest BCUT2D eigenvalue weighted by molar-refractivity contribution is 5.81. The Morgan fingerprint density at radius 1 is 1.15 bits per heavy atom. The highest BCUT2D eigenvalue weighted by Gasteiger charge is 2.36. The second-order valence-corrected chi connectivity index (χ2v) is 7.23. The van der Waals surface area contributed by atoms with Crippen molar-refractivity contribution >= 4 is 11.9 Å². The molecule has 0 aromatic heterocycles. The second kappa shape index (κ2) is 9.37. The summed E-state index contributed by atoms with van der Waals surface area (Å²) in [6, 6.07) is 0. The number of amides is 1. The largest absolute Gasteiger partial charge is 0.478 e. The monoisotopic (exact) mass is 357 g/mol. The molecule has 0 fully saturated rings. The number of carbonyl (C=O) groups is 2. The zero-order valence-corrected chi connectivity index (χ0v) is 16.8. The van der Waals surface area contributed by atoms with Crippen LogP contribution in [0.2, 0.25) is 0 Å². The SMILES string of the molecule is CC(=O)N(C)[C@]1(C)CCCC(C)=C1/C=C/C(C)=C/C=C/C(C)=C/C(=O)O. The fourth-order valence-electron chi connectivity index (χ4n) is 3.31. The highest BCUT2D eigenvalue weighted by atomic mass is 16.4. The summed E-state index contributed by atoms with van der Waals surface area (Å²) in [5.74, 6) is -0.870. The van der Waals surface area contributed by atoms with Gasteiger partial charge in [0.2, 0.25) is 5.91 Å². The van der Waals surface area contributed by atoms with Crippen LogP contribution in [-0.4, -0.2) is 34.5 Å². The van der Waals surface area contributed by atoms with E-state index < -0.39 is 5.97 Å². The first-order valence-electron chi connectivity index (χ1n) is 8.97. The van der Waals surface area contributed by atoms with Crippen molar-refractivity contribution in [3.63, 3.8) is 0 Å². The fraction of sp³-hybridized carbons (Fsp3) is 0.455. The molecular weight excluding hydrogens is 326 g/mol. The summed E-state index contributed by atoms with van der Waals surface area (Å²) < 4.78 is 0. The van der Waals surface area contributed by atoms with E-state index in [2.05, 4.69) is 26.0 Å². The quantitative estimate of drug-likeness (QED) is 0.548. The molecule has 1 amide bonds. The zero-order chi connectivity index (χ0) is 19.9. The van der Waals surface area contributed by atoms with E-state index in [0.717, 1.165) is 24.8 Å². The first-order chi connectivity index (χ1) is 12.1. The zero-order valence-electron chi connectivity index (χ0n) is 16.8. The molecule has 0 saturated heterocycles. The van der Waals surface area contributed by atoms with E-state index in [1.807, 2.05) is 31.0 Å². The number of allylic oxidation sites excluding steroid dienone is 7. The van der Waals surface area contributed by atoms with Crippen LogP contribution in [0.4, 0.5) is 0 Å². The molecule has 0 heterocycles. The van der Waals surface area contributed by atoms with Crippen molar-refractivity contribution in [3.8, 4) is 0 Å². The minimum atomic E-state index is -0.943. The second-order valence-electron chi connectivity index (χ2n) is 7.23. The van der Waals surface area contributed by atoms with E-state index >= 15 is 0 Å². The summed E-state index contributed by atoms with van der Waals surface area (Å²) in [5, 5.41) is 8.71. The predicted octanol–water partition coefficient (Wildman–Crippen LogP) is 4.81. The summed E-state index contributed by atoms with van der Waals surface area (Å²) in [7, 11) is 1.87. The van der Waals surface area contributed by atoms with Crippen molar-refractivity contribution in [2.75, 3.05) is 7.05 Å². The van der Waals surface area contributed by atoms with Gasteiger partial charge in [-0.05, 0) is 58.1 Å². The van der Waals surface area contributed by atoms with Gasteiger partial charge in [-0.1, -0.05) is 41.5 Å². The minimum absolute atomic E-state index is 0.0731. The third kappa shape index (κ3) is 5.87. The Kier molecular flexibility index (Phi) is 7.81. The van der Waals surface area contributed by atoms with Crippen LogP contribution in [0.1, 0.15) is 53.9 Å². The number of carbonyl (C=O) groups excluding carboxylic acids is 1. The molecule has 1 atom stereocenters. The Bertz CT molecular complexity index is 707. The standard InChI is InChI=1S/C22H31NO3/c1-16(9-7-10-17(2)15-21(25)26)12-13-20-18(3)11-8-14-22(20,5)23(6)19(4)24/h7,9-10,12-13,15H,8,11,14H2,1-6H3,(H,25,26)/b10-7+,13-12+,16-9+,17-15+/t22-/m1/s1. The number of hydrogen-bond donors (Lipinski definition) is 1. The van der Waals surface area contributed by atoms with Gasteiger partial charge in [0.1, 0.15) is 0 Å². The van der Waals surface area contributed by atoms with Gasteiger partial charge in [-0.2, -0.15) is 0 Å². The third-order valence-electron chi connectivity index (χ3n) is 5.05. The lowest BCUT2D eigenvalue weighted by atomic mass is 9.76. The van der Waals surface area contributed by atoms with Gasteiger partial charge >= 0.3 is 5.97 Å². The molecule has 4 nitrogen and oxygen atoms in total. The molecule has 1 aliphatic rings. The molecule has 4 heteroatoms. The fourth-order valence-corrected chi connectivity index (χ4v) is 3.31. The van der Waals surface area contributed by atoms with Gasteiger partial charge < -0.3 is 10.0 Å². The summed E-state index contributed by atoms with van der Waals surface area (Å²) >= 11 is 0. The lowest BCUT2D eigenvalue weighted by molar-refractivity contribution is -0.132. The Hall–Kier alpha value is -2.36. The molecule has 1 rings (SSSR count). The summed E-state index contributed by atoms with van der Waals surface area (Å²) in [6.45, 7) is 9.64. The van der Waals surface area contributed by atoms with E-state index in [1.165, 1.54) is 17.2 Å². The highest BCUT2D eigenvalue weighted by Crippen LogP contribution is 2.38. The van der Waals surface area contributed by atoms with E-state index in [4.69, 9.17) is 5.11 Å². The molecule has 1 aliphatic carbocycles. The van der Waals surface area contributed by atoms with Crippen LogP contribution in [0.15, 0.2) is 58.7 Å². The maximum Gasteiger partial charge on any atom is 0.328 e. The summed E-state index contributed by atoms with van der Waals surface area (Å²) in [6.07, 6.45) is 14.0. The van der Waals surface area contributed by atoms with E-state index in [1.54, 1.807) is 19.9 Å². The van der Waals surface area contributed by atoms with Gasteiger partial charge in [0.15, 0.2) is 0 Å². The molecule has 142 valence electrons. The molecule has 0 unspecified atom stereocenters. The Balaban J connectivity index is 3.02. The molecule has 0 bridgehead atoms. The molecule has 0 aliphatic heterocycles. The maximum absolute atomic E-state index is 11.9. The molecular formula is C22H31NO3. The number of likely N-dealkylation sites (N-methyl/N-ethyl adjacent to an activating group) is 1. The average Bonchev–Trinajstić information content (AvgIpc) is 2.52. The predicted molar refractivity (Wildman–Crippen MR) is 107 cm³/mol. The molecule has 26 heavy (non-hydrogen) atoms.